The van der Waals surface area contributed by atoms with Crippen molar-refractivity contribution >= 4 is 17.9 Å². The fourth-order valence-corrected chi connectivity index (χ4v) is 7.58. The molecule has 0 saturated carbocycles. The lowest BCUT2D eigenvalue weighted by Crippen LogP contribution is -2.50. The Labute approximate surface area is 400 Å². The van der Waals surface area contributed by atoms with E-state index in [0.29, 0.717) is 19.3 Å². The summed E-state index contributed by atoms with van der Waals surface area (Å²) in [5, 5.41) is 9.66. The number of carbonyl (C=O) groups excluding carboxylic acids is 2. The standard InChI is InChI=1S/C57H99NO7/c1-6-8-10-12-14-16-18-20-22-24-26-28-30-31-33-35-37-39-41-43-45-47-55(59)64-52-53(51-63-50-49-54(57(61)62)58(3,4)5)65-56(60)48-46-44-42-40-38-36-34-32-29-27-25-23-21-19-17-15-13-11-9-7-2/h9,11,15,17,21,23,27,29,34,36,40,42,53-54H,6-8,10,12-14,16,18-20,22,24-26,28,30-33,35,37-39,41,43-52H2,1-5H3/p+1/b11-9+,17-15+,23-21+,29-27+,36-34+,42-40+. The fraction of sp³-hybridized carbons (Fsp3) is 0.737. The van der Waals surface area contributed by atoms with Gasteiger partial charge in [-0.3, -0.25) is 9.59 Å². The van der Waals surface area contributed by atoms with E-state index in [1.807, 2.05) is 21.1 Å². The van der Waals surface area contributed by atoms with Crippen molar-refractivity contribution in [2.24, 2.45) is 0 Å². The predicted octanol–water partition coefficient (Wildman–Crippen LogP) is 15.5. The summed E-state index contributed by atoms with van der Waals surface area (Å²) in [6.07, 6.45) is 61.1. The molecule has 0 heterocycles. The number of nitrogens with zero attached hydrogens (tertiary/aromatic N) is 1. The zero-order valence-electron chi connectivity index (χ0n) is 42.7. The molecule has 65 heavy (non-hydrogen) atoms. The Balaban J connectivity index is 4.31. The van der Waals surface area contributed by atoms with Gasteiger partial charge in [0.25, 0.3) is 0 Å². The van der Waals surface area contributed by atoms with E-state index in [9.17, 15) is 19.5 Å². The molecule has 2 atom stereocenters. The zero-order valence-corrected chi connectivity index (χ0v) is 42.7. The van der Waals surface area contributed by atoms with Gasteiger partial charge in [-0.15, -0.1) is 0 Å². The molecule has 0 fully saturated rings. The van der Waals surface area contributed by atoms with Gasteiger partial charge >= 0.3 is 17.9 Å². The van der Waals surface area contributed by atoms with Crippen molar-refractivity contribution in [2.75, 3.05) is 41.0 Å². The second kappa shape index (κ2) is 47.3. The molecule has 0 rings (SSSR count). The summed E-state index contributed by atoms with van der Waals surface area (Å²) < 4.78 is 17.3. The number of carbonyl (C=O) groups is 3. The van der Waals surface area contributed by atoms with Crippen molar-refractivity contribution in [3.05, 3.63) is 72.9 Å². The van der Waals surface area contributed by atoms with Crippen LogP contribution in [0.15, 0.2) is 72.9 Å². The summed E-state index contributed by atoms with van der Waals surface area (Å²) in [5.41, 5.74) is 0. The van der Waals surface area contributed by atoms with Crippen LogP contribution in [0.25, 0.3) is 0 Å². The molecular weight excluding hydrogens is 811 g/mol. The number of quaternary nitrogens is 1. The predicted molar refractivity (Wildman–Crippen MR) is 275 cm³/mol. The molecule has 0 radical (unpaired) electrons. The number of ether oxygens (including phenoxy) is 3. The van der Waals surface area contributed by atoms with Gasteiger partial charge < -0.3 is 23.8 Å². The van der Waals surface area contributed by atoms with Crippen LogP contribution in [0.2, 0.25) is 0 Å². The number of rotatable bonds is 47. The van der Waals surface area contributed by atoms with Crippen LogP contribution in [0.4, 0.5) is 0 Å². The minimum absolute atomic E-state index is 0.0367. The van der Waals surface area contributed by atoms with Crippen LogP contribution >= 0.6 is 0 Å². The van der Waals surface area contributed by atoms with Crippen molar-refractivity contribution in [3.8, 4) is 0 Å². The SMILES string of the molecule is CC/C=C/C/C=C/C/C=C/C/C=C/C/C=C/C/C=C/CCCC(=O)OC(COCCC(C(=O)O)[N+](C)(C)C)COC(=O)CCCCCCCCCCCCCCCCCCCCCCC. The molecule has 0 spiro atoms. The number of carboxylic acid groups (broad SMARTS) is 1. The van der Waals surface area contributed by atoms with E-state index < -0.39 is 18.1 Å². The first-order valence-corrected chi connectivity index (χ1v) is 26.5. The molecule has 0 aliphatic rings. The molecule has 0 aromatic rings. The van der Waals surface area contributed by atoms with Crippen LogP contribution in [0.1, 0.15) is 219 Å². The third-order valence-electron chi connectivity index (χ3n) is 11.6. The normalized spacial score (nSPS) is 13.4. The molecular formula is C57H100NO7+. The van der Waals surface area contributed by atoms with E-state index >= 15 is 0 Å². The van der Waals surface area contributed by atoms with E-state index in [2.05, 4.69) is 86.8 Å². The number of unbranched alkanes of at least 4 members (excludes halogenated alkanes) is 21. The maximum atomic E-state index is 12.8. The summed E-state index contributed by atoms with van der Waals surface area (Å²) in [4.78, 5) is 37.2. The number of aliphatic carboxylic acids is 1. The molecule has 0 aliphatic heterocycles. The van der Waals surface area contributed by atoms with Gasteiger partial charge in [-0.2, -0.15) is 0 Å². The maximum absolute atomic E-state index is 12.8. The fourth-order valence-electron chi connectivity index (χ4n) is 7.58. The summed E-state index contributed by atoms with van der Waals surface area (Å²) in [7, 11) is 5.51. The molecule has 0 aromatic heterocycles. The van der Waals surface area contributed by atoms with Crippen molar-refractivity contribution in [2.45, 2.75) is 231 Å². The van der Waals surface area contributed by atoms with Crippen LogP contribution in [-0.2, 0) is 28.6 Å². The highest BCUT2D eigenvalue weighted by Crippen LogP contribution is 2.16. The minimum atomic E-state index is -0.884. The van der Waals surface area contributed by atoms with Gasteiger partial charge in [0.05, 0.1) is 34.4 Å². The van der Waals surface area contributed by atoms with E-state index in [0.717, 1.165) is 64.2 Å². The van der Waals surface area contributed by atoms with Crippen molar-refractivity contribution in [1.82, 2.24) is 0 Å². The van der Waals surface area contributed by atoms with Gasteiger partial charge in [-0.25, -0.2) is 4.79 Å². The van der Waals surface area contributed by atoms with Gasteiger partial charge in [0.15, 0.2) is 12.1 Å². The molecule has 0 bridgehead atoms. The Morgan fingerprint density at radius 2 is 0.862 bits per heavy atom. The molecule has 0 aromatic carbocycles. The Kier molecular flexibility index (Phi) is 44.9. The second-order valence-corrected chi connectivity index (χ2v) is 18.8. The largest absolute Gasteiger partial charge is 0.477 e. The molecule has 1 N–H and O–H groups in total. The highest BCUT2D eigenvalue weighted by molar-refractivity contribution is 5.72. The van der Waals surface area contributed by atoms with Crippen molar-refractivity contribution < 1.29 is 38.2 Å². The van der Waals surface area contributed by atoms with Gasteiger partial charge in [-0.05, 0) is 57.8 Å². The average Bonchev–Trinajstić information content (AvgIpc) is 3.27. The van der Waals surface area contributed by atoms with Crippen LogP contribution in [-0.4, -0.2) is 80.6 Å². The summed E-state index contributed by atoms with van der Waals surface area (Å²) in [6, 6.07) is -0.628. The third-order valence-corrected chi connectivity index (χ3v) is 11.6. The molecule has 8 nitrogen and oxygen atoms in total. The number of esters is 2. The van der Waals surface area contributed by atoms with E-state index in [1.54, 1.807) is 0 Å². The quantitative estimate of drug-likeness (QED) is 0.0281. The van der Waals surface area contributed by atoms with Crippen LogP contribution in [0.3, 0.4) is 0 Å². The van der Waals surface area contributed by atoms with E-state index in [1.165, 1.54) is 116 Å². The van der Waals surface area contributed by atoms with Gasteiger partial charge in [0, 0.05) is 19.3 Å². The number of hydrogen-bond donors (Lipinski definition) is 1. The summed E-state index contributed by atoms with van der Waals surface area (Å²) in [6.45, 7) is 4.58. The Morgan fingerprint density at radius 1 is 0.477 bits per heavy atom. The number of allylic oxidation sites excluding steroid dienone is 12. The van der Waals surface area contributed by atoms with Crippen LogP contribution in [0.5, 0.6) is 0 Å². The van der Waals surface area contributed by atoms with Gasteiger partial charge in [-0.1, -0.05) is 215 Å². The summed E-state index contributed by atoms with van der Waals surface area (Å²) >= 11 is 0. The molecule has 0 aliphatic carbocycles. The topological polar surface area (TPSA) is 99.1 Å². The lowest BCUT2D eigenvalue weighted by atomic mass is 10.0. The number of likely N-dealkylation sites (N-methyl/N-ethyl adjacent to an activating group) is 1. The highest BCUT2D eigenvalue weighted by atomic mass is 16.6. The lowest BCUT2D eigenvalue weighted by Gasteiger charge is -2.31. The first-order valence-electron chi connectivity index (χ1n) is 26.5. The smallest absolute Gasteiger partial charge is 0.362 e. The second-order valence-electron chi connectivity index (χ2n) is 18.8. The molecule has 374 valence electrons. The number of carboxylic acids is 1. The Bertz CT molecular complexity index is 1290. The van der Waals surface area contributed by atoms with Crippen molar-refractivity contribution in [1.29, 1.82) is 0 Å². The Morgan fingerprint density at radius 3 is 1.26 bits per heavy atom. The van der Waals surface area contributed by atoms with Gasteiger partial charge in [0.2, 0.25) is 0 Å². The Hall–Kier alpha value is -3.23. The maximum Gasteiger partial charge on any atom is 0.362 e. The molecule has 2 unspecified atom stereocenters. The third kappa shape index (κ3) is 45.7. The van der Waals surface area contributed by atoms with Gasteiger partial charge in [0.1, 0.15) is 6.61 Å². The van der Waals surface area contributed by atoms with E-state index in [4.69, 9.17) is 14.2 Å². The molecule has 8 heteroatoms. The molecule has 0 amide bonds. The van der Waals surface area contributed by atoms with E-state index in [-0.39, 0.29) is 42.7 Å². The zero-order chi connectivity index (χ0) is 47.7. The highest BCUT2D eigenvalue weighted by Gasteiger charge is 2.31. The first kappa shape index (κ1) is 61.8. The van der Waals surface area contributed by atoms with Crippen LogP contribution < -0.4 is 0 Å². The monoisotopic (exact) mass is 911 g/mol. The van der Waals surface area contributed by atoms with Crippen LogP contribution in [0, 0.1) is 0 Å². The van der Waals surface area contributed by atoms with Crippen molar-refractivity contribution in [3.63, 3.8) is 0 Å². The lowest BCUT2D eigenvalue weighted by molar-refractivity contribution is -0.887. The summed E-state index contributed by atoms with van der Waals surface area (Å²) in [5.74, 6) is -1.54. The minimum Gasteiger partial charge on any atom is -0.477 e. The average molecular weight is 911 g/mol. The molecule has 0 saturated heterocycles. The first-order chi connectivity index (χ1) is 31.6. The number of hydrogen-bond acceptors (Lipinski definition) is 6.